The number of hydrogen-bond donors (Lipinski definition) is 0. The minimum Gasteiger partial charge on any atom is -0.545 e. The highest BCUT2D eigenvalue weighted by Gasteiger charge is 2.22. The van der Waals surface area contributed by atoms with Gasteiger partial charge in [0.05, 0.1) is 40.3 Å². The minimum absolute atomic E-state index is 0.143. The summed E-state index contributed by atoms with van der Waals surface area (Å²) in [7, 11) is 5.94. The summed E-state index contributed by atoms with van der Waals surface area (Å²) in [5.41, 5.74) is 0. The fourth-order valence-electron chi connectivity index (χ4n) is 12.1. The predicted octanol–water partition coefficient (Wildman–Crippen LogP) is 26.8. The van der Waals surface area contributed by atoms with E-state index in [4.69, 9.17) is 18.9 Å². The summed E-state index contributed by atoms with van der Waals surface area (Å²) in [4.78, 5) is 37.7. The average molecular weight is 1430 g/mol. The van der Waals surface area contributed by atoms with Crippen LogP contribution in [0.1, 0.15) is 373 Å². The van der Waals surface area contributed by atoms with E-state index in [-0.39, 0.29) is 38.6 Å². The summed E-state index contributed by atoms with van der Waals surface area (Å²) in [6.07, 6.45) is 118. The Labute approximate surface area is 636 Å². The standard InChI is InChI=1S/C94H161NO8/c1-6-8-10-12-14-16-18-20-22-24-26-28-30-32-34-36-38-40-42-44-45-46-47-49-51-53-55-57-59-61-63-65-67-69-71-73-75-77-79-81-83-85-92(97)103-90(89-102-94(93(98)99)100-87-86-95(3,4)5)88-101-91(96)84-82-80-78-76-74-72-70-68-66-64-62-60-58-56-54-52-50-48-43-41-39-37-35-33-31-29-27-25-23-21-19-17-15-13-11-9-7-2/h8,10,14,16,19-22,25-28,32,34,38,40,44-45,47,49,53,55,59,61,90,94H,6-7,9,11-13,15,17-18,23-24,29-31,33,35-37,39,41-43,46,48,50-52,54,56-58,60,62-89H2,1-5H3/b10-8-,16-14-,21-19-,22-20-,27-25-,28-26-,34-32-,40-38-,45-44-,49-47-,55-53-,61-59-. The van der Waals surface area contributed by atoms with Crippen molar-refractivity contribution >= 4 is 17.9 Å². The van der Waals surface area contributed by atoms with Crippen molar-refractivity contribution in [3.05, 3.63) is 146 Å². The first-order valence-electron chi connectivity index (χ1n) is 43.0. The lowest BCUT2D eigenvalue weighted by Crippen LogP contribution is -2.44. The molecule has 0 rings (SSSR count). The summed E-state index contributed by atoms with van der Waals surface area (Å²) in [6, 6.07) is 0. The highest BCUT2D eigenvalue weighted by Crippen LogP contribution is 2.19. The molecule has 9 nitrogen and oxygen atoms in total. The van der Waals surface area contributed by atoms with Crippen LogP contribution < -0.4 is 5.11 Å². The molecule has 0 spiro atoms. The Morgan fingerprint density at radius 3 is 0.825 bits per heavy atom. The zero-order valence-corrected chi connectivity index (χ0v) is 67.7. The monoisotopic (exact) mass is 1430 g/mol. The van der Waals surface area contributed by atoms with Gasteiger partial charge in [-0.1, -0.05) is 384 Å². The minimum atomic E-state index is -1.63. The van der Waals surface area contributed by atoms with E-state index in [1.54, 1.807) is 0 Å². The molecule has 9 heteroatoms. The van der Waals surface area contributed by atoms with Crippen molar-refractivity contribution in [2.75, 3.05) is 47.5 Å². The number of esters is 2. The second-order valence-electron chi connectivity index (χ2n) is 29.7. The first kappa shape index (κ1) is 98.2. The fraction of sp³-hybridized carbons (Fsp3) is 0.713. The van der Waals surface area contributed by atoms with Gasteiger partial charge in [0.15, 0.2) is 12.4 Å². The van der Waals surface area contributed by atoms with Crippen molar-refractivity contribution < 1.29 is 42.9 Å². The van der Waals surface area contributed by atoms with E-state index < -0.39 is 24.3 Å². The lowest BCUT2D eigenvalue weighted by atomic mass is 10.0. The summed E-state index contributed by atoms with van der Waals surface area (Å²) in [5.74, 6) is -2.28. The lowest BCUT2D eigenvalue weighted by molar-refractivity contribution is -0.870. The van der Waals surface area contributed by atoms with E-state index in [2.05, 4.69) is 160 Å². The Hall–Kier alpha value is -4.83. The number of aliphatic carboxylic acids is 1. The number of allylic oxidation sites excluding steroid dienone is 24. The number of carboxylic acid groups (broad SMARTS) is 1. The zero-order chi connectivity index (χ0) is 74.6. The van der Waals surface area contributed by atoms with Gasteiger partial charge in [0, 0.05) is 12.8 Å². The van der Waals surface area contributed by atoms with Crippen molar-refractivity contribution in [3.63, 3.8) is 0 Å². The molecule has 103 heavy (non-hydrogen) atoms. The van der Waals surface area contributed by atoms with Crippen LogP contribution in [-0.2, 0) is 33.3 Å². The Morgan fingerprint density at radius 1 is 0.301 bits per heavy atom. The van der Waals surface area contributed by atoms with Crippen LogP contribution in [0.4, 0.5) is 0 Å². The number of quaternary nitrogens is 1. The molecular weight excluding hydrogens is 1270 g/mol. The number of carbonyl (C=O) groups is 3. The van der Waals surface area contributed by atoms with Crippen LogP contribution in [-0.4, -0.2) is 82.3 Å². The predicted molar refractivity (Wildman–Crippen MR) is 444 cm³/mol. The largest absolute Gasteiger partial charge is 0.545 e. The number of likely N-dealkylation sites (N-methyl/N-ethyl adjacent to an activating group) is 1. The van der Waals surface area contributed by atoms with Crippen molar-refractivity contribution in [3.8, 4) is 0 Å². The van der Waals surface area contributed by atoms with Gasteiger partial charge in [-0.25, -0.2) is 0 Å². The molecule has 590 valence electrons. The maximum Gasteiger partial charge on any atom is 0.306 e. The molecule has 0 amide bonds. The van der Waals surface area contributed by atoms with Crippen molar-refractivity contribution in [1.82, 2.24) is 0 Å². The lowest BCUT2D eigenvalue weighted by Gasteiger charge is -2.26. The summed E-state index contributed by atoms with van der Waals surface area (Å²) < 4.78 is 22.9. The first-order chi connectivity index (χ1) is 50.6. The van der Waals surface area contributed by atoms with Gasteiger partial charge < -0.3 is 33.3 Å². The molecule has 0 fully saturated rings. The Balaban J connectivity index is 4.03. The van der Waals surface area contributed by atoms with Crippen LogP contribution in [0.3, 0.4) is 0 Å². The summed E-state index contributed by atoms with van der Waals surface area (Å²) in [6.45, 7) is 4.65. The molecule has 0 N–H and O–H groups in total. The summed E-state index contributed by atoms with van der Waals surface area (Å²) in [5, 5.41) is 11.9. The average Bonchev–Trinajstić information content (AvgIpc) is 1.01. The Kier molecular flexibility index (Phi) is 78.9. The van der Waals surface area contributed by atoms with E-state index in [1.165, 1.54) is 225 Å². The molecule has 0 aromatic rings. The maximum absolute atomic E-state index is 13.0. The number of unbranched alkanes of at least 4 members (excludes halogenated alkanes) is 40. The van der Waals surface area contributed by atoms with Gasteiger partial charge in [-0.2, -0.15) is 0 Å². The Bertz CT molecular complexity index is 2220. The van der Waals surface area contributed by atoms with Crippen LogP contribution in [0.2, 0.25) is 0 Å². The molecule has 0 bridgehead atoms. The molecule has 0 aliphatic carbocycles. The van der Waals surface area contributed by atoms with E-state index >= 15 is 0 Å². The van der Waals surface area contributed by atoms with Gasteiger partial charge in [0.25, 0.3) is 0 Å². The smallest absolute Gasteiger partial charge is 0.306 e. The molecule has 0 radical (unpaired) electrons. The van der Waals surface area contributed by atoms with Gasteiger partial charge in [-0.15, -0.1) is 0 Å². The molecular formula is C94H161NO8. The van der Waals surface area contributed by atoms with Gasteiger partial charge in [-0.3, -0.25) is 9.59 Å². The molecule has 0 aromatic heterocycles. The van der Waals surface area contributed by atoms with E-state index in [9.17, 15) is 19.5 Å². The van der Waals surface area contributed by atoms with E-state index in [1.807, 2.05) is 21.1 Å². The van der Waals surface area contributed by atoms with Crippen LogP contribution in [0.5, 0.6) is 0 Å². The molecule has 0 aliphatic rings. The van der Waals surface area contributed by atoms with Crippen molar-refractivity contribution in [1.29, 1.82) is 0 Å². The molecule has 2 atom stereocenters. The van der Waals surface area contributed by atoms with Crippen molar-refractivity contribution in [2.24, 2.45) is 0 Å². The second kappa shape index (κ2) is 82.8. The molecule has 0 aromatic carbocycles. The Morgan fingerprint density at radius 2 is 0.553 bits per heavy atom. The highest BCUT2D eigenvalue weighted by atomic mass is 16.7. The SMILES string of the molecule is CC/C=C\C/C=C\C/C=C\C/C=C\C/C=C\C/C=C\C/C=C\C/C=C\C/C=C\C/C=C\CCCCCCCCCCCCC(=O)OC(COC(=O)CCCCCCCCCCCCCCCCCCCCCCCCCCC/C=C\C/C=C\CCCCCCC)COC(OCC[N+](C)(C)C)C(=O)[O-]. The number of rotatable bonds is 79. The van der Waals surface area contributed by atoms with E-state index in [0.29, 0.717) is 17.4 Å². The third-order valence-corrected chi connectivity index (χ3v) is 18.6. The zero-order valence-electron chi connectivity index (χ0n) is 67.7. The van der Waals surface area contributed by atoms with Crippen molar-refractivity contribution in [2.45, 2.75) is 386 Å². The first-order valence-corrected chi connectivity index (χ1v) is 43.0. The molecule has 0 saturated carbocycles. The van der Waals surface area contributed by atoms with Crippen LogP contribution in [0.25, 0.3) is 0 Å². The normalized spacial score (nSPS) is 13.4. The van der Waals surface area contributed by atoms with Gasteiger partial charge >= 0.3 is 11.9 Å². The van der Waals surface area contributed by atoms with Crippen LogP contribution >= 0.6 is 0 Å². The maximum atomic E-state index is 13.0. The number of carbonyl (C=O) groups excluding carboxylic acids is 3. The van der Waals surface area contributed by atoms with Crippen LogP contribution in [0.15, 0.2) is 146 Å². The summed E-state index contributed by atoms with van der Waals surface area (Å²) >= 11 is 0. The molecule has 0 heterocycles. The topological polar surface area (TPSA) is 111 Å². The van der Waals surface area contributed by atoms with Gasteiger partial charge in [-0.05, 0) is 122 Å². The third-order valence-electron chi connectivity index (χ3n) is 18.6. The highest BCUT2D eigenvalue weighted by molar-refractivity contribution is 5.70. The second-order valence-corrected chi connectivity index (χ2v) is 29.7. The molecule has 2 unspecified atom stereocenters. The van der Waals surface area contributed by atoms with Gasteiger partial charge in [0.1, 0.15) is 13.2 Å². The quantitative estimate of drug-likeness (QED) is 0.0195. The number of carboxylic acids is 1. The molecule has 0 saturated heterocycles. The number of nitrogens with zero attached hydrogens (tertiary/aromatic N) is 1. The fourth-order valence-corrected chi connectivity index (χ4v) is 12.1. The van der Waals surface area contributed by atoms with Gasteiger partial charge in [0.2, 0.25) is 0 Å². The number of ether oxygens (including phenoxy) is 4. The third kappa shape index (κ3) is 84.3. The number of hydrogen-bond acceptors (Lipinski definition) is 8. The molecule has 0 aliphatic heterocycles. The van der Waals surface area contributed by atoms with Crippen LogP contribution in [0, 0.1) is 0 Å². The van der Waals surface area contributed by atoms with E-state index in [0.717, 1.165) is 116 Å².